The highest BCUT2D eigenvalue weighted by molar-refractivity contribution is 7.92. The van der Waals surface area contributed by atoms with Crippen molar-refractivity contribution in [2.75, 3.05) is 5.32 Å². The minimum absolute atomic E-state index is 0.282. The van der Waals surface area contributed by atoms with Crippen molar-refractivity contribution in [3.63, 3.8) is 0 Å². The van der Waals surface area contributed by atoms with Crippen molar-refractivity contribution in [1.29, 1.82) is 0 Å². The van der Waals surface area contributed by atoms with Gasteiger partial charge in [-0.2, -0.15) is 0 Å². The van der Waals surface area contributed by atoms with Crippen LogP contribution in [0.1, 0.15) is 31.2 Å². The van der Waals surface area contributed by atoms with E-state index in [1.54, 1.807) is 30.3 Å². The van der Waals surface area contributed by atoms with Crippen molar-refractivity contribution in [2.24, 2.45) is 0 Å². The van der Waals surface area contributed by atoms with Crippen LogP contribution in [0.3, 0.4) is 0 Å². The number of nitrogens with one attached hydrogen (secondary N) is 1. The van der Waals surface area contributed by atoms with E-state index in [0.717, 1.165) is 31.2 Å². The van der Waals surface area contributed by atoms with Crippen LogP contribution in [0.25, 0.3) is 6.08 Å². The Kier molecular flexibility index (Phi) is 5.34. The highest BCUT2D eigenvalue weighted by atomic mass is 32.2. The summed E-state index contributed by atoms with van der Waals surface area (Å²) in [7, 11) is -3.32. The molecule has 1 N–H and O–H groups in total. The molecule has 1 amide bonds. The van der Waals surface area contributed by atoms with Gasteiger partial charge in [-0.25, -0.2) is 8.42 Å². The Bertz CT molecular complexity index is 867. The molecule has 0 radical (unpaired) electrons. The van der Waals surface area contributed by atoms with E-state index in [2.05, 4.69) is 5.32 Å². The zero-order valence-corrected chi connectivity index (χ0v) is 14.7. The van der Waals surface area contributed by atoms with Gasteiger partial charge in [-0.05, 0) is 42.7 Å². The molecule has 130 valence electrons. The van der Waals surface area contributed by atoms with Gasteiger partial charge in [0.15, 0.2) is 9.84 Å². The van der Waals surface area contributed by atoms with Crippen LogP contribution < -0.4 is 5.32 Å². The first-order valence-corrected chi connectivity index (χ1v) is 9.98. The topological polar surface area (TPSA) is 63.2 Å². The molecule has 0 unspecified atom stereocenters. The Morgan fingerprint density at radius 2 is 1.72 bits per heavy atom. The van der Waals surface area contributed by atoms with Crippen molar-refractivity contribution in [1.82, 2.24) is 0 Å². The number of hydrogen-bond donors (Lipinski definition) is 1. The standard InChI is InChI=1S/C20H21NO3S/c22-20(14-13-16-7-2-1-3-8-16)21-17-9-6-12-19(15-17)25(23,24)18-10-4-5-11-18/h1-3,6-9,12-15,18H,4-5,10-11H2,(H,21,22)/b14-13+. The number of benzene rings is 2. The molecule has 2 aromatic rings. The normalized spacial score (nSPS) is 15.5. The van der Waals surface area contributed by atoms with Crippen LogP contribution in [0, 0.1) is 0 Å². The molecule has 0 aromatic heterocycles. The molecule has 1 aliphatic carbocycles. The van der Waals surface area contributed by atoms with Crippen LogP contribution in [0.4, 0.5) is 5.69 Å². The van der Waals surface area contributed by atoms with Gasteiger partial charge >= 0.3 is 0 Å². The number of sulfone groups is 1. The summed E-state index contributed by atoms with van der Waals surface area (Å²) in [6.07, 6.45) is 6.52. The molecule has 0 saturated heterocycles. The summed E-state index contributed by atoms with van der Waals surface area (Å²) in [6.45, 7) is 0. The second-order valence-corrected chi connectivity index (χ2v) is 8.44. The van der Waals surface area contributed by atoms with E-state index in [0.29, 0.717) is 5.69 Å². The molecule has 1 aliphatic rings. The zero-order chi connectivity index (χ0) is 17.7. The van der Waals surface area contributed by atoms with Crippen LogP contribution in [0.5, 0.6) is 0 Å². The highest BCUT2D eigenvalue weighted by Crippen LogP contribution is 2.30. The van der Waals surface area contributed by atoms with Crippen LogP contribution in [0.15, 0.2) is 65.6 Å². The monoisotopic (exact) mass is 355 g/mol. The van der Waals surface area contributed by atoms with Gasteiger partial charge < -0.3 is 5.32 Å². The smallest absolute Gasteiger partial charge is 0.248 e. The molecule has 0 spiro atoms. The quantitative estimate of drug-likeness (QED) is 0.823. The fourth-order valence-corrected chi connectivity index (χ4v) is 4.96. The third-order valence-electron chi connectivity index (χ3n) is 4.40. The van der Waals surface area contributed by atoms with E-state index in [4.69, 9.17) is 0 Å². The van der Waals surface area contributed by atoms with Gasteiger partial charge in [-0.3, -0.25) is 4.79 Å². The Labute approximate surface area is 148 Å². The molecule has 0 atom stereocenters. The lowest BCUT2D eigenvalue weighted by atomic mass is 10.2. The van der Waals surface area contributed by atoms with Gasteiger partial charge in [0.1, 0.15) is 0 Å². The fourth-order valence-electron chi connectivity index (χ4n) is 3.06. The molecule has 0 aliphatic heterocycles. The number of carbonyl (C=O) groups excluding carboxylic acids is 1. The number of rotatable bonds is 5. The van der Waals surface area contributed by atoms with E-state index in [1.165, 1.54) is 6.08 Å². The molecule has 1 saturated carbocycles. The summed E-state index contributed by atoms with van der Waals surface area (Å²) in [5, 5.41) is 2.43. The Morgan fingerprint density at radius 3 is 2.44 bits per heavy atom. The minimum atomic E-state index is -3.32. The van der Waals surface area contributed by atoms with Crippen molar-refractivity contribution in [2.45, 2.75) is 35.8 Å². The third kappa shape index (κ3) is 4.37. The predicted octanol–water partition coefficient (Wildman–Crippen LogP) is 4.05. The van der Waals surface area contributed by atoms with E-state index >= 15 is 0 Å². The molecule has 0 bridgehead atoms. The number of amides is 1. The van der Waals surface area contributed by atoms with Crippen LogP contribution in [0.2, 0.25) is 0 Å². The number of carbonyl (C=O) groups is 1. The first-order chi connectivity index (χ1) is 12.1. The SMILES string of the molecule is O=C(/C=C/c1ccccc1)Nc1cccc(S(=O)(=O)C2CCCC2)c1. The van der Waals surface area contributed by atoms with Gasteiger partial charge in [-0.15, -0.1) is 0 Å². The zero-order valence-electron chi connectivity index (χ0n) is 13.9. The summed E-state index contributed by atoms with van der Waals surface area (Å²) in [4.78, 5) is 12.3. The lowest BCUT2D eigenvalue weighted by Gasteiger charge is -2.12. The average molecular weight is 355 g/mol. The molecule has 25 heavy (non-hydrogen) atoms. The van der Waals surface area contributed by atoms with E-state index in [9.17, 15) is 13.2 Å². The third-order valence-corrected chi connectivity index (χ3v) is 6.66. The van der Waals surface area contributed by atoms with Gasteiger partial charge in [0.2, 0.25) is 5.91 Å². The molecular formula is C20H21NO3S. The van der Waals surface area contributed by atoms with E-state index in [1.807, 2.05) is 30.3 Å². The predicted molar refractivity (Wildman–Crippen MR) is 100.0 cm³/mol. The Balaban J connectivity index is 1.71. The van der Waals surface area contributed by atoms with E-state index in [-0.39, 0.29) is 16.1 Å². The first-order valence-electron chi connectivity index (χ1n) is 8.44. The van der Waals surface area contributed by atoms with Crippen LogP contribution in [-0.4, -0.2) is 19.6 Å². The highest BCUT2D eigenvalue weighted by Gasteiger charge is 2.30. The average Bonchev–Trinajstić information content (AvgIpc) is 3.17. The summed E-state index contributed by atoms with van der Waals surface area (Å²) in [5.74, 6) is -0.292. The summed E-state index contributed by atoms with van der Waals surface area (Å²) in [5.41, 5.74) is 1.41. The molecule has 1 fully saturated rings. The molecule has 2 aromatic carbocycles. The first kappa shape index (κ1) is 17.4. The summed E-state index contributed by atoms with van der Waals surface area (Å²) >= 11 is 0. The van der Waals surface area contributed by atoms with Crippen LogP contribution >= 0.6 is 0 Å². The summed E-state index contributed by atoms with van der Waals surface area (Å²) in [6, 6.07) is 16.0. The largest absolute Gasteiger partial charge is 0.322 e. The molecule has 0 heterocycles. The van der Waals surface area contributed by atoms with Gasteiger partial charge in [0.25, 0.3) is 0 Å². The van der Waals surface area contributed by atoms with Crippen LogP contribution in [-0.2, 0) is 14.6 Å². The van der Waals surface area contributed by atoms with Gasteiger partial charge in [0.05, 0.1) is 10.1 Å². The maximum atomic E-state index is 12.7. The van der Waals surface area contributed by atoms with Crippen molar-refractivity contribution < 1.29 is 13.2 Å². The lowest BCUT2D eigenvalue weighted by Crippen LogP contribution is -2.18. The maximum absolute atomic E-state index is 12.7. The molecule has 3 rings (SSSR count). The maximum Gasteiger partial charge on any atom is 0.248 e. The number of anilines is 1. The Hall–Kier alpha value is -2.40. The number of hydrogen-bond acceptors (Lipinski definition) is 3. The lowest BCUT2D eigenvalue weighted by molar-refractivity contribution is -0.111. The molecular weight excluding hydrogens is 334 g/mol. The van der Waals surface area contributed by atoms with Gasteiger partial charge in [-0.1, -0.05) is 49.2 Å². The molecule has 4 nitrogen and oxygen atoms in total. The van der Waals surface area contributed by atoms with Gasteiger partial charge in [0, 0.05) is 11.8 Å². The fraction of sp³-hybridized carbons (Fsp3) is 0.250. The van der Waals surface area contributed by atoms with Crippen molar-refractivity contribution >= 4 is 27.5 Å². The minimum Gasteiger partial charge on any atom is -0.322 e. The van der Waals surface area contributed by atoms with E-state index < -0.39 is 9.84 Å². The second-order valence-electron chi connectivity index (χ2n) is 6.21. The summed E-state index contributed by atoms with van der Waals surface area (Å²) < 4.78 is 25.3. The molecule has 5 heteroatoms. The second kappa shape index (κ2) is 7.66. The van der Waals surface area contributed by atoms with Crippen molar-refractivity contribution in [3.05, 3.63) is 66.2 Å². The Morgan fingerprint density at radius 1 is 1.00 bits per heavy atom. The van der Waals surface area contributed by atoms with Crippen molar-refractivity contribution in [3.8, 4) is 0 Å².